The van der Waals surface area contributed by atoms with Crippen LogP contribution in [0.15, 0.2) is 12.7 Å². The van der Waals surface area contributed by atoms with E-state index in [0.717, 1.165) is 0 Å². The van der Waals surface area contributed by atoms with Crippen LogP contribution in [0, 0.1) is 5.41 Å². The molecule has 0 aliphatic carbocycles. The fraction of sp³-hybridized carbons (Fsp3) is 0.667. The average Bonchev–Trinajstić information content (AvgIpc) is 2.04. The second-order valence-corrected chi connectivity index (χ2v) is 3.11. The zero-order valence-corrected chi connectivity index (χ0v) is 7.42. The molecule has 70 valence electrons. The summed E-state index contributed by atoms with van der Waals surface area (Å²) in [5, 5.41) is 17.3. The van der Waals surface area contributed by atoms with Crippen molar-refractivity contribution in [3.05, 3.63) is 12.7 Å². The van der Waals surface area contributed by atoms with Crippen LogP contribution in [0.1, 0.15) is 26.2 Å². The van der Waals surface area contributed by atoms with Crippen LogP contribution in [0.3, 0.4) is 0 Å². The average molecular weight is 172 g/mol. The van der Waals surface area contributed by atoms with Crippen molar-refractivity contribution in [2.24, 2.45) is 5.41 Å². The Kier molecular flexibility index (Phi) is 4.59. The van der Waals surface area contributed by atoms with Gasteiger partial charge < -0.3 is 10.2 Å². The van der Waals surface area contributed by atoms with Crippen LogP contribution in [-0.2, 0) is 4.79 Å². The van der Waals surface area contributed by atoms with Crippen LogP contribution >= 0.6 is 0 Å². The number of aliphatic hydroxyl groups excluding tert-OH is 1. The molecule has 0 bridgehead atoms. The number of aliphatic hydroxyl groups is 1. The lowest BCUT2D eigenvalue weighted by Crippen LogP contribution is -2.24. The van der Waals surface area contributed by atoms with Crippen LogP contribution in [0.5, 0.6) is 0 Å². The van der Waals surface area contributed by atoms with E-state index in [1.165, 1.54) is 6.08 Å². The van der Waals surface area contributed by atoms with Crippen molar-refractivity contribution >= 4 is 5.97 Å². The molecule has 0 aliphatic rings. The molecule has 0 aromatic carbocycles. The van der Waals surface area contributed by atoms with Gasteiger partial charge in [-0.05, 0) is 26.2 Å². The molecule has 3 heteroatoms. The zero-order valence-electron chi connectivity index (χ0n) is 7.42. The van der Waals surface area contributed by atoms with Gasteiger partial charge in [0, 0.05) is 6.61 Å². The van der Waals surface area contributed by atoms with E-state index >= 15 is 0 Å². The highest BCUT2D eigenvalue weighted by Gasteiger charge is 2.28. The Morgan fingerprint density at radius 1 is 1.58 bits per heavy atom. The van der Waals surface area contributed by atoms with Crippen molar-refractivity contribution in [1.82, 2.24) is 0 Å². The molecule has 0 rings (SSSR count). The largest absolute Gasteiger partial charge is 0.481 e. The topological polar surface area (TPSA) is 57.5 Å². The first-order valence-corrected chi connectivity index (χ1v) is 4.04. The number of carboxylic acid groups (broad SMARTS) is 1. The van der Waals surface area contributed by atoms with Gasteiger partial charge in [-0.25, -0.2) is 0 Å². The van der Waals surface area contributed by atoms with Gasteiger partial charge in [0.25, 0.3) is 0 Å². The molecule has 0 aromatic rings. The number of hydrogen-bond donors (Lipinski definition) is 2. The number of carboxylic acids is 1. The fourth-order valence-corrected chi connectivity index (χ4v) is 0.900. The lowest BCUT2D eigenvalue weighted by Gasteiger charge is -2.19. The second kappa shape index (κ2) is 4.93. The number of hydrogen-bond acceptors (Lipinski definition) is 2. The van der Waals surface area contributed by atoms with Gasteiger partial charge in [-0.2, -0.15) is 0 Å². The van der Waals surface area contributed by atoms with E-state index in [9.17, 15) is 4.79 Å². The highest BCUT2D eigenvalue weighted by Crippen LogP contribution is 2.25. The van der Waals surface area contributed by atoms with Gasteiger partial charge in [0.05, 0.1) is 5.41 Å². The third kappa shape index (κ3) is 3.05. The lowest BCUT2D eigenvalue weighted by atomic mass is 9.85. The van der Waals surface area contributed by atoms with Crippen LogP contribution in [-0.4, -0.2) is 22.8 Å². The van der Waals surface area contributed by atoms with E-state index in [-0.39, 0.29) is 6.61 Å². The molecule has 1 atom stereocenters. The van der Waals surface area contributed by atoms with E-state index in [1.54, 1.807) is 6.92 Å². The SMILES string of the molecule is C=CC(C)(CCCCO)C(=O)O. The zero-order chi connectivity index (χ0) is 9.61. The minimum atomic E-state index is -0.851. The maximum absolute atomic E-state index is 10.7. The predicted molar refractivity (Wildman–Crippen MR) is 46.9 cm³/mol. The Morgan fingerprint density at radius 3 is 2.50 bits per heavy atom. The van der Waals surface area contributed by atoms with Gasteiger partial charge in [-0.15, -0.1) is 6.58 Å². The molecular weight excluding hydrogens is 156 g/mol. The van der Waals surface area contributed by atoms with E-state index in [0.29, 0.717) is 19.3 Å². The van der Waals surface area contributed by atoms with Gasteiger partial charge in [0.2, 0.25) is 0 Å². The molecule has 3 nitrogen and oxygen atoms in total. The minimum absolute atomic E-state index is 0.118. The van der Waals surface area contributed by atoms with Crippen molar-refractivity contribution in [2.75, 3.05) is 6.61 Å². The molecule has 1 unspecified atom stereocenters. The first-order chi connectivity index (χ1) is 5.56. The number of rotatable bonds is 6. The van der Waals surface area contributed by atoms with Gasteiger partial charge in [0.15, 0.2) is 0 Å². The summed E-state index contributed by atoms with van der Waals surface area (Å²) in [6.07, 6.45) is 3.35. The number of aliphatic carboxylic acids is 1. The molecule has 0 heterocycles. The fourth-order valence-electron chi connectivity index (χ4n) is 0.900. The smallest absolute Gasteiger partial charge is 0.313 e. The maximum atomic E-state index is 10.7. The summed E-state index contributed by atoms with van der Waals surface area (Å²) < 4.78 is 0. The Balaban J connectivity index is 3.97. The summed E-state index contributed by atoms with van der Waals surface area (Å²) in [7, 11) is 0. The Morgan fingerprint density at radius 2 is 2.17 bits per heavy atom. The predicted octanol–water partition coefficient (Wildman–Crippen LogP) is 1.43. The minimum Gasteiger partial charge on any atom is -0.481 e. The molecule has 0 fully saturated rings. The molecule has 0 saturated carbocycles. The lowest BCUT2D eigenvalue weighted by molar-refractivity contribution is -0.145. The third-order valence-electron chi connectivity index (χ3n) is 2.04. The summed E-state index contributed by atoms with van der Waals surface area (Å²) in [4.78, 5) is 10.7. The summed E-state index contributed by atoms with van der Waals surface area (Å²) in [5.74, 6) is -0.851. The van der Waals surface area contributed by atoms with Gasteiger partial charge >= 0.3 is 5.97 Å². The van der Waals surface area contributed by atoms with Crippen LogP contribution < -0.4 is 0 Å². The van der Waals surface area contributed by atoms with Gasteiger partial charge in [-0.1, -0.05) is 6.08 Å². The summed E-state index contributed by atoms with van der Waals surface area (Å²) in [6, 6.07) is 0. The number of unbranched alkanes of at least 4 members (excludes halogenated alkanes) is 1. The highest BCUT2D eigenvalue weighted by molar-refractivity contribution is 5.76. The first kappa shape index (κ1) is 11.2. The van der Waals surface area contributed by atoms with Crippen LogP contribution in [0.2, 0.25) is 0 Å². The van der Waals surface area contributed by atoms with Crippen molar-refractivity contribution in [3.8, 4) is 0 Å². The normalized spacial score (nSPS) is 15.2. The summed E-state index contributed by atoms with van der Waals surface area (Å²) >= 11 is 0. The number of carbonyl (C=O) groups is 1. The van der Waals surface area contributed by atoms with Crippen molar-refractivity contribution in [2.45, 2.75) is 26.2 Å². The standard InChI is InChI=1S/C9H16O3/c1-3-9(2,8(11)12)6-4-5-7-10/h3,10H,1,4-7H2,2H3,(H,11,12). The second-order valence-electron chi connectivity index (χ2n) is 3.11. The molecule has 2 N–H and O–H groups in total. The molecular formula is C9H16O3. The molecule has 12 heavy (non-hydrogen) atoms. The maximum Gasteiger partial charge on any atom is 0.313 e. The van der Waals surface area contributed by atoms with Crippen molar-refractivity contribution in [1.29, 1.82) is 0 Å². The van der Waals surface area contributed by atoms with Crippen LogP contribution in [0.25, 0.3) is 0 Å². The monoisotopic (exact) mass is 172 g/mol. The Hall–Kier alpha value is -0.830. The Bertz CT molecular complexity index is 165. The highest BCUT2D eigenvalue weighted by atomic mass is 16.4. The molecule has 0 radical (unpaired) electrons. The third-order valence-corrected chi connectivity index (χ3v) is 2.04. The first-order valence-electron chi connectivity index (χ1n) is 4.04. The van der Waals surface area contributed by atoms with Crippen molar-refractivity contribution < 1.29 is 15.0 Å². The molecule has 0 aromatic heterocycles. The molecule has 0 amide bonds. The quantitative estimate of drug-likeness (QED) is 0.470. The van der Waals surface area contributed by atoms with E-state index in [2.05, 4.69) is 6.58 Å². The summed E-state index contributed by atoms with van der Waals surface area (Å²) in [6.45, 7) is 5.25. The molecule has 0 spiro atoms. The Labute approximate surface area is 72.7 Å². The van der Waals surface area contributed by atoms with Gasteiger partial charge in [0.1, 0.15) is 0 Å². The molecule has 0 saturated heterocycles. The van der Waals surface area contributed by atoms with Crippen molar-refractivity contribution in [3.63, 3.8) is 0 Å². The molecule has 0 aliphatic heterocycles. The van der Waals surface area contributed by atoms with E-state index in [1.807, 2.05) is 0 Å². The van der Waals surface area contributed by atoms with Gasteiger partial charge in [-0.3, -0.25) is 4.79 Å². The van der Waals surface area contributed by atoms with Crippen LogP contribution in [0.4, 0.5) is 0 Å². The van der Waals surface area contributed by atoms with E-state index < -0.39 is 11.4 Å². The van der Waals surface area contributed by atoms with E-state index in [4.69, 9.17) is 10.2 Å². The summed E-state index contributed by atoms with van der Waals surface area (Å²) in [5.41, 5.74) is -0.838.